The van der Waals surface area contributed by atoms with Crippen molar-refractivity contribution < 1.29 is 49.3 Å². The summed E-state index contributed by atoms with van der Waals surface area (Å²) in [6, 6.07) is -0.825. The number of hydrogen-bond acceptors (Lipinski definition) is 10. The molecule has 1 aliphatic heterocycles. The second-order valence-corrected chi connectivity index (χ2v) is 24.6. The number of aliphatic hydroxyl groups is 5. The van der Waals surface area contributed by atoms with Gasteiger partial charge in [-0.1, -0.05) is 294 Å². The van der Waals surface area contributed by atoms with E-state index in [0.29, 0.717) is 19.4 Å². The molecule has 1 saturated heterocycles. The van der Waals surface area contributed by atoms with Crippen molar-refractivity contribution in [1.82, 2.24) is 5.32 Å². The van der Waals surface area contributed by atoms with Gasteiger partial charge in [-0.25, -0.2) is 0 Å². The van der Waals surface area contributed by atoms with Crippen LogP contribution < -0.4 is 5.32 Å². The molecule has 0 saturated carbocycles. The maximum absolute atomic E-state index is 13.0. The predicted molar refractivity (Wildman–Crippen MR) is 347 cm³/mol. The molecule has 0 spiro atoms. The summed E-state index contributed by atoms with van der Waals surface area (Å²) in [4.78, 5) is 25.1. The maximum atomic E-state index is 13.0. The fraction of sp³-hybridized carbons (Fsp3) is 0.861. The zero-order valence-electron chi connectivity index (χ0n) is 53.9. The van der Waals surface area contributed by atoms with Crippen molar-refractivity contribution in [2.45, 2.75) is 378 Å². The number of rotatable bonds is 62. The van der Waals surface area contributed by atoms with Crippen molar-refractivity contribution in [3.63, 3.8) is 0 Å². The first-order valence-electron chi connectivity index (χ1n) is 35.4. The molecule has 1 fully saturated rings. The number of carbonyl (C=O) groups excluding carboxylic acids is 2. The van der Waals surface area contributed by atoms with E-state index >= 15 is 0 Å². The highest BCUT2D eigenvalue weighted by Crippen LogP contribution is 2.23. The van der Waals surface area contributed by atoms with Crippen molar-refractivity contribution in [3.8, 4) is 0 Å². The highest BCUT2D eigenvalue weighted by molar-refractivity contribution is 5.76. The van der Waals surface area contributed by atoms with E-state index in [-0.39, 0.29) is 18.5 Å². The first-order chi connectivity index (χ1) is 40.7. The number of allylic oxidation sites excluding steroid dienone is 7. The van der Waals surface area contributed by atoms with Crippen molar-refractivity contribution in [2.75, 3.05) is 19.8 Å². The third-order valence-electron chi connectivity index (χ3n) is 16.7. The Morgan fingerprint density at radius 2 is 0.819 bits per heavy atom. The lowest BCUT2D eigenvalue weighted by atomic mass is 9.99. The molecule has 0 bridgehead atoms. The number of hydrogen-bond donors (Lipinski definition) is 6. The van der Waals surface area contributed by atoms with Crippen LogP contribution in [-0.4, -0.2) is 100 Å². The average Bonchev–Trinajstić information content (AvgIpc) is 3.64. The van der Waals surface area contributed by atoms with Gasteiger partial charge in [-0.3, -0.25) is 9.59 Å². The normalized spacial score (nSPS) is 18.4. The molecule has 11 heteroatoms. The van der Waals surface area contributed by atoms with E-state index in [2.05, 4.69) is 55.6 Å². The Kier molecular flexibility index (Phi) is 58.0. The fourth-order valence-electron chi connectivity index (χ4n) is 11.1. The number of carbonyl (C=O) groups is 2. The van der Waals surface area contributed by atoms with Crippen LogP contribution in [0.25, 0.3) is 0 Å². The van der Waals surface area contributed by atoms with E-state index in [0.717, 1.165) is 57.8 Å². The van der Waals surface area contributed by atoms with Crippen LogP contribution in [0.3, 0.4) is 0 Å². The number of ether oxygens (including phenoxy) is 3. The molecule has 1 heterocycles. The summed E-state index contributed by atoms with van der Waals surface area (Å²) in [7, 11) is 0. The lowest BCUT2D eigenvalue weighted by Gasteiger charge is -2.40. The molecule has 0 radical (unpaired) electrons. The minimum absolute atomic E-state index is 0.00822. The zero-order chi connectivity index (χ0) is 60.2. The van der Waals surface area contributed by atoms with E-state index in [1.165, 1.54) is 250 Å². The van der Waals surface area contributed by atoms with E-state index in [1.54, 1.807) is 6.08 Å². The lowest BCUT2D eigenvalue weighted by molar-refractivity contribution is -0.302. The topological polar surface area (TPSA) is 175 Å². The van der Waals surface area contributed by atoms with Crippen molar-refractivity contribution in [2.24, 2.45) is 0 Å². The summed E-state index contributed by atoms with van der Waals surface area (Å²) in [5, 5.41) is 54.2. The molecule has 7 atom stereocenters. The van der Waals surface area contributed by atoms with Gasteiger partial charge in [0.05, 0.1) is 32.0 Å². The molecule has 0 aromatic heterocycles. The van der Waals surface area contributed by atoms with E-state index in [1.807, 2.05) is 6.08 Å². The predicted octanol–water partition coefficient (Wildman–Crippen LogP) is 18.0. The van der Waals surface area contributed by atoms with E-state index in [4.69, 9.17) is 14.2 Å². The Balaban J connectivity index is 1.92. The Morgan fingerprint density at radius 3 is 1.29 bits per heavy atom. The molecular formula is C72H133NO10. The van der Waals surface area contributed by atoms with Gasteiger partial charge >= 0.3 is 5.97 Å². The summed E-state index contributed by atoms with van der Waals surface area (Å²) in [6.07, 6.45) is 69.9. The minimum atomic E-state index is -1.57. The quantitative estimate of drug-likeness (QED) is 0.0195. The van der Waals surface area contributed by atoms with Gasteiger partial charge in [0.15, 0.2) is 6.29 Å². The number of aliphatic hydroxyl groups excluding tert-OH is 5. The third-order valence-corrected chi connectivity index (χ3v) is 16.7. The summed E-state index contributed by atoms with van der Waals surface area (Å²) in [6.45, 7) is 4.30. The van der Waals surface area contributed by atoms with Crippen LogP contribution >= 0.6 is 0 Å². The molecule has 0 aromatic carbocycles. The summed E-state index contributed by atoms with van der Waals surface area (Å²) < 4.78 is 16.7. The monoisotopic (exact) mass is 1170 g/mol. The molecule has 486 valence electrons. The Morgan fingerprint density at radius 1 is 0.446 bits per heavy atom. The molecule has 1 rings (SSSR count). The van der Waals surface area contributed by atoms with Crippen LogP contribution in [0.2, 0.25) is 0 Å². The Bertz CT molecular complexity index is 1520. The molecule has 0 aromatic rings. The second-order valence-electron chi connectivity index (χ2n) is 24.6. The second kappa shape index (κ2) is 61.3. The van der Waals surface area contributed by atoms with Gasteiger partial charge in [-0.2, -0.15) is 0 Å². The first-order valence-corrected chi connectivity index (χ1v) is 35.4. The summed E-state index contributed by atoms with van der Waals surface area (Å²) in [5.41, 5.74) is 0. The maximum Gasteiger partial charge on any atom is 0.305 e. The molecule has 83 heavy (non-hydrogen) atoms. The van der Waals surface area contributed by atoms with Gasteiger partial charge in [0, 0.05) is 12.8 Å². The first kappa shape index (κ1) is 78.6. The standard InChI is InChI=1S/C72H133NO10/c1-3-5-7-9-11-13-14-36-40-44-48-52-56-60-68(77)81-61-57-53-49-45-41-38-35-33-31-29-27-25-23-21-19-17-15-16-18-20-22-24-26-28-30-32-34-37-39-43-47-51-55-59-67(76)73-64(65(75)58-54-50-46-42-12-10-8-6-4-2)63-82-72-71(80)70(79)69(78)66(62-74)83-72/h12,19,21,25,27,42,54,58,64-66,69-72,74-75,78-80H,3-11,13-18,20,22-24,26,28-41,43-53,55-57,59-63H2,1-2H3,(H,73,76)/b21-19-,27-25-,42-12+,58-54+. The van der Waals surface area contributed by atoms with Gasteiger partial charge in [0.25, 0.3) is 0 Å². The average molecular weight is 1170 g/mol. The SMILES string of the molecule is CCCCC/C=C/CC/C=C/C(O)C(COC1OC(CO)C(O)C(O)C1O)NC(=O)CCCCCCCCCCCCCCCCCCC/C=C\C/C=C\CCCCCCCCCCCOC(=O)CCCCCCCCCCCCCCC. The molecular weight excluding hydrogens is 1040 g/mol. The highest BCUT2D eigenvalue weighted by Gasteiger charge is 2.44. The molecule has 1 aliphatic rings. The number of amides is 1. The summed E-state index contributed by atoms with van der Waals surface area (Å²) in [5.74, 6) is -0.184. The molecule has 11 nitrogen and oxygen atoms in total. The Hall–Kier alpha value is -2.38. The third kappa shape index (κ3) is 50.3. The van der Waals surface area contributed by atoms with Crippen molar-refractivity contribution >= 4 is 11.9 Å². The van der Waals surface area contributed by atoms with Crippen LogP contribution in [-0.2, 0) is 23.8 Å². The van der Waals surface area contributed by atoms with Crippen LogP contribution in [0.4, 0.5) is 0 Å². The van der Waals surface area contributed by atoms with Crippen LogP contribution in [0.15, 0.2) is 48.6 Å². The van der Waals surface area contributed by atoms with Crippen molar-refractivity contribution in [3.05, 3.63) is 48.6 Å². The van der Waals surface area contributed by atoms with Crippen LogP contribution in [0, 0.1) is 0 Å². The molecule has 0 aliphatic carbocycles. The highest BCUT2D eigenvalue weighted by atomic mass is 16.7. The molecule has 7 unspecified atom stereocenters. The van der Waals surface area contributed by atoms with Crippen LogP contribution in [0.1, 0.15) is 335 Å². The van der Waals surface area contributed by atoms with Crippen molar-refractivity contribution in [1.29, 1.82) is 0 Å². The van der Waals surface area contributed by atoms with Gasteiger partial charge in [0.1, 0.15) is 24.4 Å². The molecule has 6 N–H and O–H groups in total. The van der Waals surface area contributed by atoms with Crippen LogP contribution in [0.5, 0.6) is 0 Å². The van der Waals surface area contributed by atoms with E-state index < -0.39 is 49.5 Å². The van der Waals surface area contributed by atoms with E-state index in [9.17, 15) is 35.1 Å². The van der Waals surface area contributed by atoms with Gasteiger partial charge in [0.2, 0.25) is 5.91 Å². The number of unbranched alkanes of at least 4 members (excludes halogenated alkanes) is 42. The van der Waals surface area contributed by atoms with Gasteiger partial charge < -0.3 is 45.1 Å². The number of esters is 1. The molecule has 1 amide bonds. The zero-order valence-corrected chi connectivity index (χ0v) is 53.9. The smallest absolute Gasteiger partial charge is 0.305 e. The lowest BCUT2D eigenvalue weighted by Crippen LogP contribution is -2.60. The van der Waals surface area contributed by atoms with Gasteiger partial charge in [-0.15, -0.1) is 0 Å². The summed E-state index contributed by atoms with van der Waals surface area (Å²) >= 11 is 0. The Labute approximate surface area is 510 Å². The minimum Gasteiger partial charge on any atom is -0.466 e. The fourth-order valence-corrected chi connectivity index (χ4v) is 11.1. The largest absolute Gasteiger partial charge is 0.466 e. The van der Waals surface area contributed by atoms with Gasteiger partial charge in [-0.05, 0) is 77.0 Å². The number of nitrogens with one attached hydrogen (secondary N) is 1.